The molecule has 2 aromatic heterocycles. The molecule has 0 radical (unpaired) electrons. The molecule has 15 heteroatoms. The lowest BCUT2D eigenvalue weighted by Crippen LogP contribution is -2.44. The Labute approximate surface area is 256 Å². The van der Waals surface area contributed by atoms with Crippen molar-refractivity contribution >= 4 is 70.0 Å². The molecule has 1 N–H and O–H groups in total. The fourth-order valence-electron chi connectivity index (χ4n) is 4.91. The van der Waals surface area contributed by atoms with Crippen molar-refractivity contribution in [1.29, 1.82) is 0 Å². The van der Waals surface area contributed by atoms with Crippen LogP contribution < -0.4 is 5.32 Å². The molecule has 12 nitrogen and oxygen atoms in total. The molecular weight excluding hydrogens is 597 g/mol. The van der Waals surface area contributed by atoms with Gasteiger partial charge in [0.25, 0.3) is 0 Å². The van der Waals surface area contributed by atoms with Crippen LogP contribution >= 0.6 is 22.9 Å². The number of nitrogens with zero attached hydrogens (tertiary/aromatic N) is 8. The monoisotopic (exact) mass is 625 g/mol. The van der Waals surface area contributed by atoms with Gasteiger partial charge in [-0.25, -0.2) is 14.4 Å². The number of benzene rings is 1. The summed E-state index contributed by atoms with van der Waals surface area (Å²) in [5.74, 6) is -0.510. The van der Waals surface area contributed by atoms with E-state index in [0.717, 1.165) is 20.7 Å². The first-order valence-corrected chi connectivity index (χ1v) is 14.6. The van der Waals surface area contributed by atoms with Gasteiger partial charge in [0, 0.05) is 29.7 Å². The highest BCUT2D eigenvalue weighted by molar-refractivity contribution is 7.19. The third-order valence-corrected chi connectivity index (χ3v) is 8.37. The van der Waals surface area contributed by atoms with Crippen molar-refractivity contribution in [1.82, 2.24) is 19.8 Å². The summed E-state index contributed by atoms with van der Waals surface area (Å²) in [6.45, 7) is 9.08. The van der Waals surface area contributed by atoms with Gasteiger partial charge in [0.05, 0.1) is 36.7 Å². The van der Waals surface area contributed by atoms with E-state index in [-0.39, 0.29) is 43.8 Å². The van der Waals surface area contributed by atoms with Crippen LogP contribution in [0.15, 0.2) is 56.9 Å². The first kappa shape index (κ1) is 30.3. The normalized spacial score (nSPS) is 15.7. The summed E-state index contributed by atoms with van der Waals surface area (Å²) in [5, 5.41) is 12.0. The molecule has 2 aliphatic heterocycles. The first-order valence-electron chi connectivity index (χ1n) is 13.4. The molecule has 43 heavy (non-hydrogen) atoms. The maximum Gasteiger partial charge on any atom is 0.320 e. The third kappa shape index (κ3) is 7.09. The number of carbonyl (C=O) groups is 2. The number of aromatic nitrogens is 2. The molecule has 0 atom stereocenters. The molecule has 2 aliphatic rings. The number of rotatable bonds is 12. The van der Waals surface area contributed by atoms with E-state index >= 15 is 0 Å². The minimum atomic E-state index is -0.894. The summed E-state index contributed by atoms with van der Waals surface area (Å²) in [7, 11) is 0. The van der Waals surface area contributed by atoms with Gasteiger partial charge in [-0.2, -0.15) is 10.2 Å². The zero-order chi connectivity index (χ0) is 30.4. The summed E-state index contributed by atoms with van der Waals surface area (Å²) in [5.41, 5.74) is 0.795. The molecule has 0 fully saturated rings. The van der Waals surface area contributed by atoms with Gasteiger partial charge in [-0.05, 0) is 43.6 Å². The maximum absolute atomic E-state index is 13.6. The number of nitrogens with one attached hydrogen (secondary N) is 1. The lowest BCUT2D eigenvalue weighted by molar-refractivity contribution is -0.157. The number of esters is 1. The average molecular weight is 626 g/mol. The Morgan fingerprint density at radius 3 is 2.81 bits per heavy atom. The minimum absolute atomic E-state index is 0.0138. The SMILES string of the molecule is C=NCN(C/C=C/C(=O)N1CCc2c(sc3ncnc(Nc4ccc(F)c(Cl)c4)c23)C1)CC(=O)OC1(CN=C)CN=NC1. The van der Waals surface area contributed by atoms with Crippen LogP contribution in [0.2, 0.25) is 5.02 Å². The molecule has 3 aromatic rings. The van der Waals surface area contributed by atoms with E-state index < -0.39 is 17.4 Å². The van der Waals surface area contributed by atoms with Crippen molar-refractivity contribution in [2.75, 3.05) is 51.3 Å². The summed E-state index contributed by atoms with van der Waals surface area (Å²) < 4.78 is 19.3. The lowest BCUT2D eigenvalue weighted by Gasteiger charge is -2.27. The number of aliphatic imine (C=N–C) groups is 2. The van der Waals surface area contributed by atoms with Crippen molar-refractivity contribution in [3.8, 4) is 0 Å². The third-order valence-electron chi connectivity index (χ3n) is 6.96. The van der Waals surface area contributed by atoms with Gasteiger partial charge >= 0.3 is 5.97 Å². The Hall–Kier alpha value is -4.14. The van der Waals surface area contributed by atoms with E-state index in [1.807, 2.05) is 0 Å². The van der Waals surface area contributed by atoms with Crippen molar-refractivity contribution < 1.29 is 18.7 Å². The molecule has 0 saturated heterocycles. The first-order chi connectivity index (χ1) is 20.8. The van der Waals surface area contributed by atoms with Crippen molar-refractivity contribution in [2.45, 2.75) is 18.6 Å². The number of amides is 1. The number of ether oxygens (including phenoxy) is 1. The van der Waals surface area contributed by atoms with Crippen LogP contribution in [0, 0.1) is 5.82 Å². The van der Waals surface area contributed by atoms with Crippen molar-refractivity contribution in [3.05, 3.63) is 58.0 Å². The van der Waals surface area contributed by atoms with Crippen LogP contribution in [0.3, 0.4) is 0 Å². The van der Waals surface area contributed by atoms with Crippen LogP contribution in [0.4, 0.5) is 15.9 Å². The maximum atomic E-state index is 13.6. The number of anilines is 2. The molecular formula is C28H29ClFN9O3S. The molecule has 5 rings (SSSR count). The highest BCUT2D eigenvalue weighted by Crippen LogP contribution is 2.38. The Morgan fingerprint density at radius 2 is 2.07 bits per heavy atom. The highest BCUT2D eigenvalue weighted by Gasteiger charge is 2.37. The number of hydrogen-bond acceptors (Lipinski definition) is 12. The van der Waals surface area contributed by atoms with Crippen molar-refractivity contribution in [3.63, 3.8) is 0 Å². The molecule has 0 unspecified atom stereocenters. The Morgan fingerprint density at radius 1 is 1.26 bits per heavy atom. The summed E-state index contributed by atoms with van der Waals surface area (Å²) in [6, 6.07) is 4.39. The van der Waals surface area contributed by atoms with Crippen molar-refractivity contribution in [2.24, 2.45) is 20.2 Å². The zero-order valence-corrected chi connectivity index (χ0v) is 24.8. The van der Waals surface area contributed by atoms with Crippen LogP contribution in [-0.2, 0) is 27.3 Å². The largest absolute Gasteiger partial charge is 0.452 e. The number of halogens is 2. The van der Waals surface area contributed by atoms with Gasteiger partial charge < -0.3 is 15.0 Å². The minimum Gasteiger partial charge on any atom is -0.452 e. The second-order valence-electron chi connectivity index (χ2n) is 10.1. The van der Waals surface area contributed by atoms with Gasteiger partial charge in [-0.3, -0.25) is 24.5 Å². The van der Waals surface area contributed by atoms with Gasteiger partial charge in [-0.15, -0.1) is 11.3 Å². The van der Waals surface area contributed by atoms with Crippen LogP contribution in [0.25, 0.3) is 10.2 Å². The second kappa shape index (κ2) is 13.4. The van der Waals surface area contributed by atoms with Gasteiger partial charge in [-0.1, -0.05) is 17.7 Å². The number of thiophene rings is 1. The molecule has 4 heterocycles. The van der Waals surface area contributed by atoms with E-state index in [1.165, 1.54) is 35.9 Å². The quantitative estimate of drug-likeness (QED) is 0.182. The molecule has 0 saturated carbocycles. The van der Waals surface area contributed by atoms with E-state index in [0.29, 0.717) is 37.6 Å². The zero-order valence-electron chi connectivity index (χ0n) is 23.2. The van der Waals surface area contributed by atoms with Gasteiger partial charge in [0.1, 0.15) is 35.9 Å². The number of carbonyl (C=O) groups excluding carboxylic acids is 2. The van der Waals surface area contributed by atoms with Gasteiger partial charge in [0.2, 0.25) is 5.91 Å². The molecule has 224 valence electrons. The standard InChI is InChI=1S/C28H29ClFN9O3S/c1-31-13-28(14-35-36-15-28)42-24(41)12-38(17-32-2)8-3-4-23(40)39-9-7-19-22(11-39)43-27-25(19)26(33-16-34-27)37-18-5-6-21(30)20(29)10-18/h3-6,10,16H,1-2,7-9,11-15,17H2,(H,33,34,37)/b4-3+. The average Bonchev–Trinajstić information content (AvgIpc) is 3.59. The fraction of sp³-hybridized carbons (Fsp3) is 0.357. The molecule has 1 amide bonds. The second-order valence-corrected chi connectivity index (χ2v) is 11.6. The Bertz CT molecular complexity index is 1600. The van der Waals surface area contributed by atoms with Gasteiger partial charge in [0.15, 0.2) is 5.60 Å². The lowest BCUT2D eigenvalue weighted by atomic mass is 10.0. The number of fused-ring (bicyclic) bond motifs is 3. The molecule has 0 bridgehead atoms. The van der Waals surface area contributed by atoms with E-state index in [9.17, 15) is 14.0 Å². The van der Waals surface area contributed by atoms with Crippen LogP contribution in [-0.4, -0.2) is 96.6 Å². The van der Waals surface area contributed by atoms with E-state index in [4.69, 9.17) is 16.3 Å². The predicted octanol–water partition coefficient (Wildman–Crippen LogP) is 4.08. The van der Waals surface area contributed by atoms with E-state index in [1.54, 1.807) is 21.9 Å². The smallest absolute Gasteiger partial charge is 0.320 e. The highest BCUT2D eigenvalue weighted by atomic mass is 35.5. The van der Waals surface area contributed by atoms with Crippen LogP contribution in [0.5, 0.6) is 0 Å². The number of hydrogen-bond donors (Lipinski definition) is 1. The van der Waals surface area contributed by atoms with Crippen LogP contribution in [0.1, 0.15) is 10.4 Å². The Balaban J connectivity index is 1.21. The van der Waals surface area contributed by atoms with E-state index in [2.05, 4.69) is 48.9 Å². The Kier molecular flexibility index (Phi) is 9.48. The molecule has 0 aliphatic carbocycles. The fourth-order valence-corrected chi connectivity index (χ4v) is 6.29. The summed E-state index contributed by atoms with van der Waals surface area (Å²) >= 11 is 7.46. The molecule has 1 aromatic carbocycles. The topological polar surface area (TPSA) is 137 Å². The summed E-state index contributed by atoms with van der Waals surface area (Å²) in [6.07, 6.45) is 5.30. The summed E-state index contributed by atoms with van der Waals surface area (Å²) in [4.78, 5) is 47.6. The predicted molar refractivity (Wildman–Crippen MR) is 164 cm³/mol. The number of azo groups is 1. The molecule has 0 spiro atoms.